The van der Waals surface area contributed by atoms with Gasteiger partial charge in [0.25, 0.3) is 0 Å². The second-order valence-electron chi connectivity index (χ2n) is 4.62. The van der Waals surface area contributed by atoms with E-state index in [1.807, 2.05) is 20.0 Å². The lowest BCUT2D eigenvalue weighted by atomic mass is 10.1. The van der Waals surface area contributed by atoms with Gasteiger partial charge in [0.1, 0.15) is 0 Å². The van der Waals surface area contributed by atoms with Gasteiger partial charge in [-0.1, -0.05) is 16.8 Å². The van der Waals surface area contributed by atoms with E-state index < -0.39 is 0 Å². The summed E-state index contributed by atoms with van der Waals surface area (Å²) in [5.74, 6) is 0.0965. The van der Waals surface area contributed by atoms with Crippen molar-refractivity contribution in [2.24, 2.45) is 0 Å². The summed E-state index contributed by atoms with van der Waals surface area (Å²) in [5, 5.41) is 8.26. The van der Waals surface area contributed by atoms with E-state index in [1.54, 1.807) is 4.68 Å². The summed E-state index contributed by atoms with van der Waals surface area (Å²) in [4.78, 5) is 12.5. The maximum absolute atomic E-state index is 5.99. The van der Waals surface area contributed by atoms with Crippen LogP contribution < -0.4 is 5.73 Å². The molecule has 0 saturated carbocycles. The van der Waals surface area contributed by atoms with Crippen molar-refractivity contribution in [2.75, 3.05) is 5.73 Å². The first-order valence-electron chi connectivity index (χ1n) is 6.10. The van der Waals surface area contributed by atoms with Crippen LogP contribution in [0.2, 0.25) is 5.15 Å². The first-order valence-corrected chi connectivity index (χ1v) is 7.56. The van der Waals surface area contributed by atoms with E-state index in [0.29, 0.717) is 17.7 Å². The Morgan fingerprint density at radius 1 is 1.33 bits per heavy atom. The number of nitrogens with two attached hydrogens (primary N) is 1. The molecule has 0 aliphatic carbocycles. The fraction of sp³-hybridized carbons (Fsp3) is 0.250. The number of nitrogen functional groups attached to an aromatic ring is 1. The van der Waals surface area contributed by atoms with Crippen molar-refractivity contribution in [3.63, 3.8) is 0 Å². The Labute approximate surface area is 139 Å². The Bertz CT molecular complexity index is 845. The van der Waals surface area contributed by atoms with Crippen molar-refractivity contribution in [1.29, 1.82) is 0 Å². The molecule has 0 atom stereocenters. The zero-order valence-corrected chi connectivity index (χ0v) is 14.2. The molecule has 0 aliphatic heterocycles. The van der Waals surface area contributed by atoms with Crippen LogP contribution >= 0.6 is 34.2 Å². The highest BCUT2D eigenvalue weighted by atomic mass is 127. The first-order chi connectivity index (χ1) is 9.97. The molecule has 0 bridgehead atoms. The molecule has 0 amide bonds. The van der Waals surface area contributed by atoms with Gasteiger partial charge in [0.05, 0.1) is 12.2 Å². The number of hydrogen-bond donors (Lipinski definition) is 1. The zero-order valence-electron chi connectivity index (χ0n) is 11.3. The quantitative estimate of drug-likeness (QED) is 0.509. The normalized spacial score (nSPS) is 11.2. The van der Waals surface area contributed by atoms with Crippen molar-refractivity contribution >= 4 is 51.3 Å². The van der Waals surface area contributed by atoms with Gasteiger partial charge in [0.15, 0.2) is 16.3 Å². The molecule has 3 aromatic heterocycles. The minimum Gasteiger partial charge on any atom is -0.368 e. The Morgan fingerprint density at radius 3 is 2.86 bits per heavy atom. The third kappa shape index (κ3) is 2.53. The summed E-state index contributed by atoms with van der Waals surface area (Å²) in [6, 6.07) is 0. The summed E-state index contributed by atoms with van der Waals surface area (Å²) < 4.78 is 2.81. The van der Waals surface area contributed by atoms with E-state index in [0.717, 1.165) is 16.8 Å². The smallest absolute Gasteiger partial charge is 0.223 e. The van der Waals surface area contributed by atoms with Crippen LogP contribution in [0.3, 0.4) is 0 Å². The van der Waals surface area contributed by atoms with Gasteiger partial charge in [-0.25, -0.2) is 4.68 Å². The number of aryl methyl sites for hydroxylation is 1. The van der Waals surface area contributed by atoms with Crippen molar-refractivity contribution in [3.8, 4) is 0 Å². The predicted molar refractivity (Wildman–Crippen MR) is 88.1 cm³/mol. The summed E-state index contributed by atoms with van der Waals surface area (Å²) >= 11 is 8.30. The average molecular weight is 416 g/mol. The Balaban J connectivity index is 2.09. The third-order valence-electron chi connectivity index (χ3n) is 3.16. The van der Waals surface area contributed by atoms with E-state index in [2.05, 4.69) is 47.9 Å². The van der Waals surface area contributed by atoms with E-state index in [4.69, 9.17) is 17.3 Å². The van der Waals surface area contributed by atoms with Crippen molar-refractivity contribution in [2.45, 2.75) is 20.4 Å². The largest absolute Gasteiger partial charge is 0.368 e. The van der Waals surface area contributed by atoms with Crippen LogP contribution in [0.25, 0.3) is 11.2 Å². The number of aromatic nitrogens is 6. The maximum atomic E-state index is 5.99. The maximum Gasteiger partial charge on any atom is 0.223 e. The van der Waals surface area contributed by atoms with Gasteiger partial charge in [0.2, 0.25) is 5.95 Å². The van der Waals surface area contributed by atoms with E-state index in [9.17, 15) is 0 Å². The lowest BCUT2D eigenvalue weighted by molar-refractivity contribution is 0.649. The molecule has 3 rings (SSSR count). The van der Waals surface area contributed by atoms with Crippen molar-refractivity contribution < 1.29 is 0 Å². The van der Waals surface area contributed by atoms with Gasteiger partial charge in [-0.2, -0.15) is 9.97 Å². The van der Waals surface area contributed by atoms with Crippen LogP contribution in [-0.2, 0) is 6.54 Å². The standard InChI is InChI=1S/C12H11ClIN7/c1-5-3-16-7(6(2)8(5)14)4-21-11-9(19-20-21)10(13)17-12(15)18-11/h3H,4H2,1-2H3,(H2,15,17,18). The number of pyridine rings is 1. The van der Waals surface area contributed by atoms with Crippen molar-refractivity contribution in [3.05, 3.63) is 31.7 Å². The van der Waals surface area contributed by atoms with Crippen molar-refractivity contribution in [1.82, 2.24) is 29.9 Å². The fourth-order valence-corrected chi connectivity index (χ4v) is 2.66. The average Bonchev–Trinajstić information content (AvgIpc) is 2.83. The van der Waals surface area contributed by atoms with Gasteiger partial charge < -0.3 is 5.73 Å². The zero-order chi connectivity index (χ0) is 15.1. The third-order valence-corrected chi connectivity index (χ3v) is 5.08. The van der Waals surface area contributed by atoms with Gasteiger partial charge in [-0.15, -0.1) is 5.10 Å². The SMILES string of the molecule is Cc1cnc(Cn2nnc3c(Cl)nc(N)nc32)c(C)c1I. The number of halogens is 2. The second kappa shape index (κ2) is 5.34. The topological polar surface area (TPSA) is 95.4 Å². The lowest BCUT2D eigenvalue weighted by Gasteiger charge is -2.09. The molecule has 0 spiro atoms. The Kier molecular flexibility index (Phi) is 3.66. The molecule has 2 N–H and O–H groups in total. The van der Waals surface area contributed by atoms with E-state index in [1.165, 1.54) is 3.57 Å². The number of anilines is 1. The molecular formula is C12H11ClIN7. The number of nitrogens with zero attached hydrogens (tertiary/aromatic N) is 6. The highest BCUT2D eigenvalue weighted by Gasteiger charge is 2.14. The van der Waals surface area contributed by atoms with Crippen LogP contribution in [-0.4, -0.2) is 29.9 Å². The molecule has 7 nitrogen and oxygen atoms in total. The molecular weight excluding hydrogens is 405 g/mol. The molecule has 3 aromatic rings. The number of rotatable bonds is 2. The Hall–Kier alpha value is -1.55. The highest BCUT2D eigenvalue weighted by molar-refractivity contribution is 14.1. The molecule has 0 fully saturated rings. The van der Waals surface area contributed by atoms with Gasteiger partial charge in [-0.05, 0) is 47.6 Å². The molecule has 21 heavy (non-hydrogen) atoms. The molecule has 9 heteroatoms. The molecule has 3 heterocycles. The summed E-state index contributed by atoms with van der Waals surface area (Å²) in [6.07, 6.45) is 1.85. The van der Waals surface area contributed by atoms with Crippen LogP contribution in [0.15, 0.2) is 6.20 Å². The van der Waals surface area contributed by atoms with Gasteiger partial charge in [-0.3, -0.25) is 4.98 Å². The molecule has 0 radical (unpaired) electrons. The van der Waals surface area contributed by atoms with Crippen LogP contribution in [0.1, 0.15) is 16.8 Å². The first kappa shape index (κ1) is 14.4. The monoisotopic (exact) mass is 415 g/mol. The van der Waals surface area contributed by atoms with E-state index in [-0.39, 0.29) is 11.1 Å². The summed E-state index contributed by atoms with van der Waals surface area (Å²) in [6.45, 7) is 4.52. The van der Waals surface area contributed by atoms with Gasteiger partial charge >= 0.3 is 0 Å². The highest BCUT2D eigenvalue weighted by Crippen LogP contribution is 2.21. The van der Waals surface area contributed by atoms with Crippen LogP contribution in [0, 0.1) is 17.4 Å². The minimum absolute atomic E-state index is 0.0965. The minimum atomic E-state index is 0.0965. The molecule has 0 aromatic carbocycles. The summed E-state index contributed by atoms with van der Waals surface area (Å²) in [5.41, 5.74) is 9.74. The van der Waals surface area contributed by atoms with Crippen LogP contribution in [0.5, 0.6) is 0 Å². The summed E-state index contributed by atoms with van der Waals surface area (Å²) in [7, 11) is 0. The predicted octanol–water partition coefficient (Wildman–Crippen LogP) is 2.12. The fourth-order valence-electron chi connectivity index (χ4n) is 2.00. The molecule has 108 valence electrons. The van der Waals surface area contributed by atoms with Gasteiger partial charge in [0, 0.05) is 9.77 Å². The Morgan fingerprint density at radius 2 is 2.10 bits per heavy atom. The molecule has 0 unspecified atom stereocenters. The molecule has 0 aliphatic rings. The molecule has 0 saturated heterocycles. The van der Waals surface area contributed by atoms with Crippen LogP contribution in [0.4, 0.5) is 5.95 Å². The number of fused-ring (bicyclic) bond motifs is 1. The second-order valence-corrected chi connectivity index (χ2v) is 6.06. The lowest BCUT2D eigenvalue weighted by Crippen LogP contribution is -2.08. The van der Waals surface area contributed by atoms with E-state index >= 15 is 0 Å². The number of hydrogen-bond acceptors (Lipinski definition) is 6.